The minimum absolute atomic E-state index is 0.0506. The molecule has 0 saturated heterocycles. The molecular weight excluding hydrogens is 352 g/mol. The molecule has 0 radical (unpaired) electrons. The van der Waals surface area contributed by atoms with E-state index in [1.165, 1.54) is 0 Å². The molecule has 2 aromatic heterocycles. The summed E-state index contributed by atoms with van der Waals surface area (Å²) < 4.78 is 7.50. The van der Waals surface area contributed by atoms with Gasteiger partial charge in [-0.25, -0.2) is 9.97 Å². The standard InChI is InChI=1S/C22H20N4O2/c1-15-6-3-9-19(12-15)28-14-20(27)24-18-8-4-7-17(13-18)21-16(2)26-11-5-10-23-22(26)25-21/h3-13H,14H2,1-2H3,(H,24,27). The van der Waals surface area contributed by atoms with Crippen molar-refractivity contribution in [1.29, 1.82) is 0 Å². The van der Waals surface area contributed by atoms with E-state index in [4.69, 9.17) is 4.74 Å². The Morgan fingerprint density at radius 1 is 1.11 bits per heavy atom. The first-order valence-electron chi connectivity index (χ1n) is 8.99. The summed E-state index contributed by atoms with van der Waals surface area (Å²) in [5, 5.41) is 2.88. The van der Waals surface area contributed by atoms with Crippen LogP contribution in [0.4, 0.5) is 5.69 Å². The quantitative estimate of drug-likeness (QED) is 0.574. The highest BCUT2D eigenvalue weighted by molar-refractivity contribution is 5.92. The van der Waals surface area contributed by atoms with Gasteiger partial charge >= 0.3 is 0 Å². The Balaban J connectivity index is 1.49. The second-order valence-corrected chi connectivity index (χ2v) is 6.57. The van der Waals surface area contributed by atoms with Gasteiger partial charge in [0.1, 0.15) is 5.75 Å². The van der Waals surface area contributed by atoms with Crippen LogP contribution in [0, 0.1) is 13.8 Å². The van der Waals surface area contributed by atoms with E-state index in [0.717, 1.165) is 22.5 Å². The number of hydrogen-bond donors (Lipinski definition) is 1. The van der Waals surface area contributed by atoms with E-state index >= 15 is 0 Å². The van der Waals surface area contributed by atoms with Gasteiger partial charge in [0.2, 0.25) is 5.78 Å². The first kappa shape index (κ1) is 17.7. The molecule has 1 amide bonds. The second-order valence-electron chi connectivity index (χ2n) is 6.57. The van der Waals surface area contributed by atoms with Crippen LogP contribution in [-0.2, 0) is 4.79 Å². The summed E-state index contributed by atoms with van der Waals surface area (Å²) in [4.78, 5) is 21.1. The van der Waals surface area contributed by atoms with E-state index in [-0.39, 0.29) is 12.5 Å². The van der Waals surface area contributed by atoms with Crippen molar-refractivity contribution < 1.29 is 9.53 Å². The van der Waals surface area contributed by atoms with Gasteiger partial charge in [-0.15, -0.1) is 0 Å². The van der Waals surface area contributed by atoms with Crippen molar-refractivity contribution in [2.75, 3.05) is 11.9 Å². The van der Waals surface area contributed by atoms with Gasteiger partial charge < -0.3 is 10.1 Å². The molecule has 6 nitrogen and oxygen atoms in total. The maximum absolute atomic E-state index is 12.3. The smallest absolute Gasteiger partial charge is 0.262 e. The van der Waals surface area contributed by atoms with E-state index in [2.05, 4.69) is 15.3 Å². The number of nitrogens with zero attached hydrogens (tertiary/aromatic N) is 3. The van der Waals surface area contributed by atoms with Crippen molar-refractivity contribution in [3.05, 3.63) is 78.2 Å². The van der Waals surface area contributed by atoms with Crippen LogP contribution in [0.25, 0.3) is 17.0 Å². The number of carbonyl (C=O) groups is 1. The fourth-order valence-electron chi connectivity index (χ4n) is 3.07. The molecule has 1 N–H and O–H groups in total. The van der Waals surface area contributed by atoms with Crippen molar-refractivity contribution in [1.82, 2.24) is 14.4 Å². The molecular formula is C22H20N4O2. The van der Waals surface area contributed by atoms with E-state index < -0.39 is 0 Å². The summed E-state index contributed by atoms with van der Waals surface area (Å²) in [5.41, 5.74) is 4.53. The molecule has 6 heteroatoms. The lowest BCUT2D eigenvalue weighted by Gasteiger charge is -2.09. The molecule has 0 aliphatic carbocycles. The van der Waals surface area contributed by atoms with Crippen molar-refractivity contribution in [2.45, 2.75) is 13.8 Å². The number of hydrogen-bond acceptors (Lipinski definition) is 4. The topological polar surface area (TPSA) is 68.5 Å². The minimum atomic E-state index is -0.216. The number of aromatic nitrogens is 3. The fourth-order valence-corrected chi connectivity index (χ4v) is 3.07. The molecule has 0 aliphatic rings. The Labute approximate surface area is 162 Å². The number of fused-ring (bicyclic) bond motifs is 1. The maximum atomic E-state index is 12.3. The third kappa shape index (κ3) is 3.71. The largest absolute Gasteiger partial charge is 0.484 e. The number of aryl methyl sites for hydroxylation is 2. The average molecular weight is 372 g/mol. The summed E-state index contributed by atoms with van der Waals surface area (Å²) in [5.74, 6) is 1.11. The van der Waals surface area contributed by atoms with Crippen molar-refractivity contribution in [2.24, 2.45) is 0 Å². The van der Waals surface area contributed by atoms with Gasteiger partial charge in [-0.3, -0.25) is 9.20 Å². The zero-order chi connectivity index (χ0) is 19.5. The molecule has 0 saturated carbocycles. The van der Waals surface area contributed by atoms with Gasteiger partial charge in [0, 0.05) is 29.3 Å². The number of imidazole rings is 1. The van der Waals surface area contributed by atoms with Crippen LogP contribution in [-0.4, -0.2) is 26.9 Å². The molecule has 0 atom stereocenters. The molecule has 0 fully saturated rings. The summed E-state index contributed by atoms with van der Waals surface area (Å²) in [7, 11) is 0. The van der Waals surface area contributed by atoms with Crippen LogP contribution in [0.3, 0.4) is 0 Å². The molecule has 0 aliphatic heterocycles. The van der Waals surface area contributed by atoms with Crippen LogP contribution < -0.4 is 10.1 Å². The monoisotopic (exact) mass is 372 g/mol. The summed E-state index contributed by atoms with van der Waals surface area (Å²) >= 11 is 0. The first-order chi connectivity index (χ1) is 13.6. The first-order valence-corrected chi connectivity index (χ1v) is 8.99. The Morgan fingerprint density at radius 3 is 2.79 bits per heavy atom. The predicted octanol–water partition coefficient (Wildman–Crippen LogP) is 4.03. The van der Waals surface area contributed by atoms with Gasteiger partial charge in [0.25, 0.3) is 5.91 Å². The zero-order valence-electron chi connectivity index (χ0n) is 15.7. The predicted molar refractivity (Wildman–Crippen MR) is 108 cm³/mol. The number of rotatable bonds is 5. The van der Waals surface area contributed by atoms with E-state index in [1.54, 1.807) is 6.20 Å². The van der Waals surface area contributed by atoms with Crippen LogP contribution in [0.1, 0.15) is 11.3 Å². The second kappa shape index (κ2) is 7.52. The fraction of sp³-hybridized carbons (Fsp3) is 0.136. The highest BCUT2D eigenvalue weighted by atomic mass is 16.5. The number of anilines is 1. The Morgan fingerprint density at radius 2 is 1.96 bits per heavy atom. The molecule has 4 rings (SSSR count). The highest BCUT2D eigenvalue weighted by Crippen LogP contribution is 2.25. The van der Waals surface area contributed by atoms with Crippen molar-refractivity contribution in [3.8, 4) is 17.0 Å². The van der Waals surface area contributed by atoms with E-state index in [9.17, 15) is 4.79 Å². The highest BCUT2D eigenvalue weighted by Gasteiger charge is 2.12. The Bertz CT molecular complexity index is 1150. The molecule has 0 bridgehead atoms. The Kier molecular flexibility index (Phi) is 4.76. The third-order valence-corrected chi connectivity index (χ3v) is 4.42. The molecule has 0 spiro atoms. The number of nitrogens with one attached hydrogen (secondary N) is 1. The molecule has 140 valence electrons. The van der Waals surface area contributed by atoms with Crippen molar-refractivity contribution >= 4 is 17.4 Å². The molecule has 0 unspecified atom stereocenters. The van der Waals surface area contributed by atoms with Crippen LogP contribution in [0.5, 0.6) is 5.75 Å². The number of carbonyl (C=O) groups excluding carboxylic acids is 1. The molecule has 2 heterocycles. The van der Waals surface area contributed by atoms with Gasteiger partial charge in [0.05, 0.1) is 5.69 Å². The summed E-state index contributed by atoms with van der Waals surface area (Å²) in [6.07, 6.45) is 3.65. The third-order valence-electron chi connectivity index (χ3n) is 4.42. The summed E-state index contributed by atoms with van der Waals surface area (Å²) in [6.45, 7) is 3.93. The lowest BCUT2D eigenvalue weighted by Crippen LogP contribution is -2.20. The number of benzene rings is 2. The molecule has 2 aromatic carbocycles. The summed E-state index contributed by atoms with van der Waals surface area (Å²) in [6, 6.07) is 17.1. The normalized spacial score (nSPS) is 10.8. The van der Waals surface area contributed by atoms with Crippen LogP contribution in [0.15, 0.2) is 67.0 Å². The van der Waals surface area contributed by atoms with E-state index in [0.29, 0.717) is 17.2 Å². The molecule has 28 heavy (non-hydrogen) atoms. The molecule has 4 aromatic rings. The average Bonchev–Trinajstić information content (AvgIpc) is 3.04. The Hall–Kier alpha value is -3.67. The number of amides is 1. The lowest BCUT2D eigenvalue weighted by atomic mass is 10.1. The van der Waals surface area contributed by atoms with E-state index in [1.807, 2.05) is 79.0 Å². The van der Waals surface area contributed by atoms with Crippen LogP contribution in [0.2, 0.25) is 0 Å². The van der Waals surface area contributed by atoms with Gasteiger partial charge in [-0.1, -0.05) is 24.3 Å². The maximum Gasteiger partial charge on any atom is 0.262 e. The van der Waals surface area contributed by atoms with Gasteiger partial charge in [-0.2, -0.15) is 0 Å². The van der Waals surface area contributed by atoms with Gasteiger partial charge in [-0.05, 0) is 49.7 Å². The van der Waals surface area contributed by atoms with Crippen molar-refractivity contribution in [3.63, 3.8) is 0 Å². The lowest BCUT2D eigenvalue weighted by molar-refractivity contribution is -0.118. The SMILES string of the molecule is Cc1cccc(OCC(=O)Nc2cccc(-c3nc4ncccn4c3C)c2)c1. The van der Waals surface area contributed by atoms with Gasteiger partial charge in [0.15, 0.2) is 6.61 Å². The van der Waals surface area contributed by atoms with Crippen LogP contribution >= 0.6 is 0 Å². The zero-order valence-corrected chi connectivity index (χ0v) is 15.7. The number of ether oxygens (including phenoxy) is 1. The minimum Gasteiger partial charge on any atom is -0.484 e.